The SMILES string of the molecule is CCOc1cccc(-c2ccc(C#N)cn2)c1. The van der Waals surface area contributed by atoms with Crippen LogP contribution in [-0.2, 0) is 0 Å². The zero-order chi connectivity index (χ0) is 12.1. The normalized spacial score (nSPS) is 9.65. The summed E-state index contributed by atoms with van der Waals surface area (Å²) in [6.45, 7) is 2.59. The Morgan fingerprint density at radius 1 is 1.29 bits per heavy atom. The molecule has 17 heavy (non-hydrogen) atoms. The van der Waals surface area contributed by atoms with E-state index >= 15 is 0 Å². The first-order chi connectivity index (χ1) is 8.33. The molecule has 0 atom stereocenters. The predicted octanol–water partition coefficient (Wildman–Crippen LogP) is 3.02. The molecule has 0 aliphatic carbocycles. The summed E-state index contributed by atoms with van der Waals surface area (Å²) in [5, 5.41) is 8.70. The van der Waals surface area contributed by atoms with Crippen molar-refractivity contribution >= 4 is 0 Å². The average Bonchev–Trinajstić information content (AvgIpc) is 2.40. The third kappa shape index (κ3) is 2.61. The van der Waals surface area contributed by atoms with E-state index < -0.39 is 0 Å². The largest absolute Gasteiger partial charge is 0.494 e. The Kier molecular flexibility index (Phi) is 3.37. The highest BCUT2D eigenvalue weighted by atomic mass is 16.5. The fourth-order valence-electron chi connectivity index (χ4n) is 1.54. The molecule has 84 valence electrons. The fourth-order valence-corrected chi connectivity index (χ4v) is 1.54. The molecule has 0 fully saturated rings. The summed E-state index contributed by atoms with van der Waals surface area (Å²) in [5.41, 5.74) is 2.39. The first-order valence-electron chi connectivity index (χ1n) is 5.43. The Bertz CT molecular complexity index is 541. The van der Waals surface area contributed by atoms with Gasteiger partial charge in [0.1, 0.15) is 11.8 Å². The third-order valence-electron chi connectivity index (χ3n) is 2.33. The lowest BCUT2D eigenvalue weighted by Crippen LogP contribution is -1.91. The number of rotatable bonds is 3. The molecule has 2 rings (SSSR count). The van der Waals surface area contributed by atoms with Crippen molar-refractivity contribution in [1.29, 1.82) is 5.26 Å². The summed E-state index contributed by atoms with van der Waals surface area (Å²) >= 11 is 0. The van der Waals surface area contributed by atoms with Crippen molar-refractivity contribution < 1.29 is 4.74 Å². The molecule has 0 aliphatic heterocycles. The predicted molar refractivity (Wildman–Crippen MR) is 65.6 cm³/mol. The smallest absolute Gasteiger partial charge is 0.119 e. The number of benzene rings is 1. The minimum absolute atomic E-state index is 0.565. The summed E-state index contributed by atoms with van der Waals surface area (Å²) in [6, 6.07) is 13.4. The highest BCUT2D eigenvalue weighted by molar-refractivity contribution is 5.61. The van der Waals surface area contributed by atoms with Gasteiger partial charge in [0.2, 0.25) is 0 Å². The number of nitriles is 1. The third-order valence-corrected chi connectivity index (χ3v) is 2.33. The summed E-state index contributed by atoms with van der Waals surface area (Å²) in [5.74, 6) is 0.830. The van der Waals surface area contributed by atoms with Crippen LogP contribution in [0.4, 0.5) is 0 Å². The van der Waals surface area contributed by atoms with Crippen molar-refractivity contribution in [3.05, 3.63) is 48.2 Å². The van der Waals surface area contributed by atoms with Gasteiger partial charge in [-0.05, 0) is 31.2 Å². The summed E-state index contributed by atoms with van der Waals surface area (Å²) < 4.78 is 5.43. The Labute approximate surface area is 100 Å². The zero-order valence-electron chi connectivity index (χ0n) is 9.55. The van der Waals surface area contributed by atoms with E-state index in [1.807, 2.05) is 37.3 Å². The molecule has 1 aromatic heterocycles. The van der Waals surface area contributed by atoms with Crippen LogP contribution in [0.1, 0.15) is 12.5 Å². The van der Waals surface area contributed by atoms with Crippen LogP contribution in [0.15, 0.2) is 42.6 Å². The van der Waals surface area contributed by atoms with Crippen LogP contribution in [0, 0.1) is 11.3 Å². The van der Waals surface area contributed by atoms with Crippen LogP contribution in [0.5, 0.6) is 5.75 Å². The van der Waals surface area contributed by atoms with E-state index in [1.165, 1.54) is 0 Å². The van der Waals surface area contributed by atoms with Crippen LogP contribution in [-0.4, -0.2) is 11.6 Å². The van der Waals surface area contributed by atoms with E-state index in [2.05, 4.69) is 11.1 Å². The number of nitrogens with zero attached hydrogens (tertiary/aromatic N) is 2. The molecule has 0 bridgehead atoms. The van der Waals surface area contributed by atoms with E-state index in [0.29, 0.717) is 12.2 Å². The van der Waals surface area contributed by atoms with Gasteiger partial charge in [-0.15, -0.1) is 0 Å². The minimum Gasteiger partial charge on any atom is -0.494 e. The van der Waals surface area contributed by atoms with Crippen LogP contribution >= 0.6 is 0 Å². The number of ether oxygens (including phenoxy) is 1. The van der Waals surface area contributed by atoms with E-state index in [0.717, 1.165) is 17.0 Å². The van der Waals surface area contributed by atoms with Gasteiger partial charge in [-0.1, -0.05) is 12.1 Å². The molecular weight excluding hydrogens is 212 g/mol. The second kappa shape index (κ2) is 5.13. The van der Waals surface area contributed by atoms with E-state index in [1.54, 1.807) is 12.3 Å². The second-order valence-electron chi connectivity index (χ2n) is 3.50. The number of aromatic nitrogens is 1. The fraction of sp³-hybridized carbons (Fsp3) is 0.143. The lowest BCUT2D eigenvalue weighted by molar-refractivity contribution is 0.340. The van der Waals surface area contributed by atoms with Gasteiger partial charge in [-0.25, -0.2) is 0 Å². The van der Waals surface area contributed by atoms with Crippen molar-refractivity contribution in [1.82, 2.24) is 4.98 Å². The molecule has 3 nitrogen and oxygen atoms in total. The molecule has 2 aromatic rings. The average molecular weight is 224 g/mol. The minimum atomic E-state index is 0.565. The zero-order valence-corrected chi connectivity index (χ0v) is 9.55. The standard InChI is InChI=1S/C14H12N2O/c1-2-17-13-5-3-4-12(8-13)14-7-6-11(9-15)10-16-14/h3-8,10H,2H2,1H3. The van der Waals surface area contributed by atoms with Crippen molar-refractivity contribution in [2.45, 2.75) is 6.92 Å². The molecule has 0 amide bonds. The van der Waals surface area contributed by atoms with Crippen molar-refractivity contribution in [2.75, 3.05) is 6.61 Å². The van der Waals surface area contributed by atoms with Gasteiger partial charge < -0.3 is 4.74 Å². The van der Waals surface area contributed by atoms with Crippen LogP contribution in [0.3, 0.4) is 0 Å². The van der Waals surface area contributed by atoms with Crippen LogP contribution in [0.25, 0.3) is 11.3 Å². The summed E-state index contributed by atoms with van der Waals surface area (Å²) in [4.78, 5) is 4.24. The number of pyridine rings is 1. The van der Waals surface area contributed by atoms with Gasteiger partial charge in [0.25, 0.3) is 0 Å². The topological polar surface area (TPSA) is 45.9 Å². The maximum absolute atomic E-state index is 8.70. The highest BCUT2D eigenvalue weighted by Crippen LogP contribution is 2.22. The molecule has 0 aliphatic rings. The first kappa shape index (κ1) is 11.2. The van der Waals surface area contributed by atoms with E-state index in [9.17, 15) is 0 Å². The maximum atomic E-state index is 8.70. The monoisotopic (exact) mass is 224 g/mol. The molecule has 0 N–H and O–H groups in total. The number of hydrogen-bond donors (Lipinski definition) is 0. The summed E-state index contributed by atoms with van der Waals surface area (Å²) in [6.07, 6.45) is 1.57. The summed E-state index contributed by atoms with van der Waals surface area (Å²) in [7, 11) is 0. The molecular formula is C14H12N2O. The molecule has 0 unspecified atom stereocenters. The van der Waals surface area contributed by atoms with Gasteiger partial charge in [0.05, 0.1) is 17.9 Å². The molecule has 0 radical (unpaired) electrons. The first-order valence-corrected chi connectivity index (χ1v) is 5.43. The highest BCUT2D eigenvalue weighted by Gasteiger charge is 2.01. The lowest BCUT2D eigenvalue weighted by Gasteiger charge is -2.05. The van der Waals surface area contributed by atoms with Crippen molar-refractivity contribution in [3.8, 4) is 23.1 Å². The molecule has 1 aromatic carbocycles. The van der Waals surface area contributed by atoms with Gasteiger partial charge in [0.15, 0.2) is 0 Å². The van der Waals surface area contributed by atoms with E-state index in [4.69, 9.17) is 10.00 Å². The lowest BCUT2D eigenvalue weighted by atomic mass is 10.1. The molecule has 0 spiro atoms. The van der Waals surface area contributed by atoms with Crippen LogP contribution < -0.4 is 4.74 Å². The van der Waals surface area contributed by atoms with Crippen molar-refractivity contribution in [2.24, 2.45) is 0 Å². The Morgan fingerprint density at radius 2 is 2.18 bits per heavy atom. The van der Waals surface area contributed by atoms with Crippen molar-refractivity contribution in [3.63, 3.8) is 0 Å². The van der Waals surface area contributed by atoms with Crippen LogP contribution in [0.2, 0.25) is 0 Å². The van der Waals surface area contributed by atoms with Gasteiger partial charge >= 0.3 is 0 Å². The van der Waals surface area contributed by atoms with Gasteiger partial charge in [-0.3, -0.25) is 4.98 Å². The Balaban J connectivity index is 2.32. The van der Waals surface area contributed by atoms with Gasteiger partial charge in [0, 0.05) is 11.8 Å². The Hall–Kier alpha value is -2.34. The number of hydrogen-bond acceptors (Lipinski definition) is 3. The second-order valence-corrected chi connectivity index (χ2v) is 3.50. The quantitative estimate of drug-likeness (QED) is 0.805. The van der Waals surface area contributed by atoms with E-state index in [-0.39, 0.29) is 0 Å². The molecule has 3 heteroatoms. The Morgan fingerprint density at radius 3 is 2.82 bits per heavy atom. The molecule has 1 heterocycles. The van der Waals surface area contributed by atoms with Gasteiger partial charge in [-0.2, -0.15) is 5.26 Å². The molecule has 0 saturated carbocycles. The maximum Gasteiger partial charge on any atom is 0.119 e. The molecule has 0 saturated heterocycles.